The van der Waals surface area contributed by atoms with Crippen LogP contribution in [0, 0.1) is 17.5 Å². The van der Waals surface area contributed by atoms with Crippen LogP contribution in [0.3, 0.4) is 0 Å². The highest BCUT2D eigenvalue weighted by molar-refractivity contribution is 5.79. The molecule has 5 aromatic rings. The number of anilines is 1. The van der Waals surface area contributed by atoms with Crippen LogP contribution in [-0.2, 0) is 17.8 Å². The average molecular weight is 594 g/mol. The first-order valence-electron chi connectivity index (χ1n) is 14.4. The first-order chi connectivity index (χ1) is 21.4. The van der Waals surface area contributed by atoms with E-state index in [1.807, 2.05) is 60.7 Å². The van der Waals surface area contributed by atoms with Crippen molar-refractivity contribution >= 4 is 11.6 Å². The number of halogens is 3. The molecule has 0 aliphatic carbocycles. The first-order valence-corrected chi connectivity index (χ1v) is 14.4. The zero-order chi connectivity index (χ0) is 30.5. The summed E-state index contributed by atoms with van der Waals surface area (Å²) in [5.41, 5.74) is 5.06. The van der Waals surface area contributed by atoms with Crippen LogP contribution in [0.1, 0.15) is 40.8 Å². The van der Waals surface area contributed by atoms with Gasteiger partial charge in [-0.15, -0.1) is 0 Å². The maximum Gasteiger partial charge on any atom is 0.221 e. The van der Waals surface area contributed by atoms with Gasteiger partial charge in [-0.3, -0.25) is 9.78 Å². The van der Waals surface area contributed by atoms with Crippen molar-refractivity contribution in [2.75, 3.05) is 11.9 Å². The van der Waals surface area contributed by atoms with Gasteiger partial charge in [0.25, 0.3) is 0 Å². The van der Waals surface area contributed by atoms with Crippen LogP contribution in [0.2, 0.25) is 0 Å². The van der Waals surface area contributed by atoms with Gasteiger partial charge in [0.2, 0.25) is 5.91 Å². The number of aromatic nitrogens is 1. The molecule has 6 rings (SSSR count). The van der Waals surface area contributed by atoms with Crippen LogP contribution in [0.25, 0.3) is 11.1 Å². The summed E-state index contributed by atoms with van der Waals surface area (Å²) < 4.78 is 48.4. The number of pyridine rings is 1. The Morgan fingerprint density at radius 1 is 0.864 bits per heavy atom. The molecule has 1 aliphatic heterocycles. The Labute approximate surface area is 253 Å². The average Bonchev–Trinajstić information content (AvgIpc) is 3.41. The molecule has 8 heteroatoms. The van der Waals surface area contributed by atoms with Gasteiger partial charge in [-0.2, -0.15) is 0 Å². The molecule has 0 saturated carbocycles. The normalized spacial score (nSPS) is 14.4. The van der Waals surface area contributed by atoms with Crippen LogP contribution in [0.5, 0.6) is 5.75 Å². The third-order valence-corrected chi connectivity index (χ3v) is 7.68. The molecule has 0 fully saturated rings. The van der Waals surface area contributed by atoms with Crippen molar-refractivity contribution in [1.29, 1.82) is 0 Å². The lowest BCUT2D eigenvalue weighted by Crippen LogP contribution is -2.32. The van der Waals surface area contributed by atoms with Gasteiger partial charge in [0.15, 0.2) is 0 Å². The Balaban J connectivity index is 1.28. The number of nitrogens with zero attached hydrogens (tertiary/aromatic N) is 1. The van der Waals surface area contributed by atoms with Crippen molar-refractivity contribution in [3.63, 3.8) is 0 Å². The van der Waals surface area contributed by atoms with Gasteiger partial charge in [-0.1, -0.05) is 48.5 Å². The van der Waals surface area contributed by atoms with Crippen molar-refractivity contribution in [2.24, 2.45) is 0 Å². The van der Waals surface area contributed by atoms with Crippen molar-refractivity contribution in [3.05, 3.63) is 149 Å². The van der Waals surface area contributed by atoms with E-state index in [1.165, 1.54) is 24.3 Å². The van der Waals surface area contributed by atoms with Crippen molar-refractivity contribution in [3.8, 4) is 16.9 Å². The summed E-state index contributed by atoms with van der Waals surface area (Å²) in [4.78, 5) is 18.1. The minimum atomic E-state index is -0.713. The third-order valence-electron chi connectivity index (χ3n) is 7.68. The van der Waals surface area contributed by atoms with E-state index in [0.717, 1.165) is 34.0 Å². The van der Waals surface area contributed by atoms with Gasteiger partial charge in [0.1, 0.15) is 29.8 Å². The maximum absolute atomic E-state index is 14.2. The smallest absolute Gasteiger partial charge is 0.221 e. The molecular formula is C36H30F3N3O2. The van der Waals surface area contributed by atoms with E-state index in [4.69, 9.17) is 4.74 Å². The Morgan fingerprint density at radius 2 is 1.68 bits per heavy atom. The Morgan fingerprint density at radius 3 is 2.50 bits per heavy atom. The van der Waals surface area contributed by atoms with Crippen LogP contribution in [0.4, 0.5) is 18.9 Å². The maximum atomic E-state index is 14.2. The lowest BCUT2D eigenvalue weighted by molar-refractivity contribution is -0.122. The highest BCUT2D eigenvalue weighted by Gasteiger charge is 2.27. The van der Waals surface area contributed by atoms with Gasteiger partial charge in [-0.25, -0.2) is 13.2 Å². The molecular weight excluding hydrogens is 563 g/mol. The van der Waals surface area contributed by atoms with Crippen molar-refractivity contribution in [2.45, 2.75) is 31.4 Å². The molecule has 1 aliphatic rings. The van der Waals surface area contributed by atoms with Crippen molar-refractivity contribution in [1.82, 2.24) is 10.3 Å². The quantitative estimate of drug-likeness (QED) is 0.174. The van der Waals surface area contributed by atoms with E-state index in [2.05, 4.69) is 15.6 Å². The first kappa shape index (κ1) is 29.0. The molecule has 0 radical (unpaired) electrons. The van der Waals surface area contributed by atoms with Gasteiger partial charge in [0.05, 0.1) is 11.7 Å². The monoisotopic (exact) mass is 593 g/mol. The van der Waals surface area contributed by atoms with E-state index < -0.39 is 17.7 Å². The summed E-state index contributed by atoms with van der Waals surface area (Å²) in [7, 11) is 0. The number of amides is 1. The fraction of sp³-hybridized carbons (Fsp3) is 0.167. The molecule has 0 spiro atoms. The summed E-state index contributed by atoms with van der Waals surface area (Å²) >= 11 is 0. The second kappa shape index (κ2) is 13.0. The molecule has 1 amide bonds. The van der Waals surface area contributed by atoms with Crippen LogP contribution >= 0.6 is 0 Å². The Hall–Kier alpha value is -5.11. The van der Waals surface area contributed by atoms with E-state index >= 15 is 0 Å². The molecule has 1 unspecified atom stereocenters. The minimum Gasteiger partial charge on any atom is -0.489 e. The van der Waals surface area contributed by atoms with Gasteiger partial charge < -0.3 is 15.4 Å². The third kappa shape index (κ3) is 6.92. The summed E-state index contributed by atoms with van der Waals surface area (Å²) in [6.07, 6.45) is 1.82. The van der Waals surface area contributed by atoms with Gasteiger partial charge in [-0.05, 0) is 77.2 Å². The van der Waals surface area contributed by atoms with Crippen LogP contribution in [-0.4, -0.2) is 17.4 Å². The molecule has 2 atom stereocenters. The second-order valence-electron chi connectivity index (χ2n) is 10.9. The highest BCUT2D eigenvalue weighted by Crippen LogP contribution is 2.35. The Bertz CT molecular complexity index is 1760. The lowest BCUT2D eigenvalue weighted by atomic mass is 9.94. The topological polar surface area (TPSA) is 63.2 Å². The number of carbonyl (C=O) groups excluding carboxylic acids is 1. The fourth-order valence-electron chi connectivity index (χ4n) is 5.65. The van der Waals surface area contributed by atoms with Gasteiger partial charge in [0, 0.05) is 42.4 Å². The summed E-state index contributed by atoms with van der Waals surface area (Å²) in [5.74, 6) is -1.62. The number of fused-ring (bicyclic) bond motifs is 1. The Kier molecular flexibility index (Phi) is 8.59. The second-order valence-corrected chi connectivity index (χ2v) is 10.9. The molecule has 4 aromatic carbocycles. The predicted molar refractivity (Wildman–Crippen MR) is 164 cm³/mol. The molecule has 2 N–H and O–H groups in total. The highest BCUT2D eigenvalue weighted by atomic mass is 19.1. The van der Waals surface area contributed by atoms with Gasteiger partial charge >= 0.3 is 0 Å². The summed E-state index contributed by atoms with van der Waals surface area (Å²) in [6, 6.07) is 28.2. The molecule has 44 heavy (non-hydrogen) atoms. The van der Waals surface area contributed by atoms with E-state index in [9.17, 15) is 18.0 Å². The van der Waals surface area contributed by atoms with E-state index in [-0.39, 0.29) is 30.5 Å². The number of rotatable bonds is 10. The molecule has 0 bridgehead atoms. The van der Waals surface area contributed by atoms with Crippen LogP contribution < -0.4 is 15.4 Å². The minimum absolute atomic E-state index is 0.0996. The summed E-state index contributed by atoms with van der Waals surface area (Å²) in [6.45, 7) is 0.896. The SMILES string of the molecule is O=C(CC1CNc2ccc(F)cc21)N[C@@H](Cc1cc(F)cc(F)c1)c1ncccc1-c1cccc(OCc2ccccc2)c1. The van der Waals surface area contributed by atoms with E-state index in [1.54, 1.807) is 18.3 Å². The standard InChI is InChI=1S/C36H30F3N3O2/c37-27-11-12-33-32(20-27)26(21-41-33)18-35(43)42-34(16-24-14-28(38)19-29(39)15-24)36-31(10-5-13-40-36)25-8-4-9-30(17-25)44-22-23-6-2-1-3-7-23/h1-15,17,19-20,26,34,41H,16,18,21-22H2,(H,42,43)/t26?,34-/m0/s1. The largest absolute Gasteiger partial charge is 0.489 e. The number of hydrogen-bond donors (Lipinski definition) is 2. The fourth-order valence-corrected chi connectivity index (χ4v) is 5.65. The lowest BCUT2D eigenvalue weighted by Gasteiger charge is -2.23. The van der Waals surface area contributed by atoms with Crippen LogP contribution in [0.15, 0.2) is 109 Å². The van der Waals surface area contributed by atoms with Crippen molar-refractivity contribution < 1.29 is 22.7 Å². The predicted octanol–water partition coefficient (Wildman–Crippen LogP) is 7.74. The molecule has 2 heterocycles. The zero-order valence-corrected chi connectivity index (χ0v) is 23.8. The van der Waals surface area contributed by atoms with E-state index in [0.29, 0.717) is 30.2 Å². The molecule has 1 aromatic heterocycles. The number of benzene rings is 4. The number of ether oxygens (including phenoxy) is 1. The molecule has 222 valence electrons. The number of hydrogen-bond acceptors (Lipinski definition) is 4. The molecule has 0 saturated heterocycles. The zero-order valence-electron chi connectivity index (χ0n) is 23.8. The summed E-state index contributed by atoms with van der Waals surface area (Å²) in [5, 5.41) is 6.29. The number of carbonyl (C=O) groups is 1. The number of nitrogens with one attached hydrogen (secondary N) is 2. The molecule has 5 nitrogen and oxygen atoms in total.